The summed E-state index contributed by atoms with van der Waals surface area (Å²) < 4.78 is 5.63. The van der Waals surface area contributed by atoms with E-state index in [0.29, 0.717) is 12.8 Å². The molecule has 4 heteroatoms. The zero-order valence-electron chi connectivity index (χ0n) is 14.8. The van der Waals surface area contributed by atoms with Crippen LogP contribution in [0.1, 0.15) is 64.7 Å². The molecular weight excluding hydrogens is 304 g/mol. The van der Waals surface area contributed by atoms with Gasteiger partial charge in [0.1, 0.15) is 6.10 Å². The Morgan fingerprint density at radius 3 is 3.00 bits per heavy atom. The summed E-state index contributed by atoms with van der Waals surface area (Å²) in [5.41, 5.74) is 0. The molecular formula is C20H32O4. The first-order valence-electron chi connectivity index (χ1n) is 9.50. The second-order valence-corrected chi connectivity index (χ2v) is 7.12. The van der Waals surface area contributed by atoms with Crippen molar-refractivity contribution < 1.29 is 19.7 Å². The maximum Gasteiger partial charge on any atom is 0.306 e. The molecule has 1 fully saturated rings. The van der Waals surface area contributed by atoms with Gasteiger partial charge in [-0.1, -0.05) is 50.5 Å². The van der Waals surface area contributed by atoms with Gasteiger partial charge in [-0.05, 0) is 31.6 Å². The third-order valence-corrected chi connectivity index (χ3v) is 5.16. The summed E-state index contributed by atoms with van der Waals surface area (Å²) in [4.78, 5) is 12.0. The van der Waals surface area contributed by atoms with E-state index in [4.69, 9.17) is 4.74 Å². The fraction of sp³-hybridized carbons (Fsp3) is 0.750. The van der Waals surface area contributed by atoms with Crippen molar-refractivity contribution in [2.24, 2.45) is 11.8 Å². The number of ether oxygens (including phenoxy) is 1. The Labute approximate surface area is 145 Å². The number of aliphatic hydroxyl groups excluding tert-OH is 2. The average Bonchev–Trinajstić information content (AvgIpc) is 2.81. The predicted octanol–water partition coefficient (Wildman–Crippen LogP) is 3.52. The zero-order valence-corrected chi connectivity index (χ0v) is 14.8. The van der Waals surface area contributed by atoms with Crippen molar-refractivity contribution >= 4 is 5.97 Å². The van der Waals surface area contributed by atoms with Crippen LogP contribution in [0, 0.1) is 11.8 Å². The van der Waals surface area contributed by atoms with E-state index in [1.54, 1.807) is 0 Å². The Balaban J connectivity index is 2.04. The van der Waals surface area contributed by atoms with Crippen LogP contribution in [-0.2, 0) is 9.53 Å². The molecule has 5 atom stereocenters. The van der Waals surface area contributed by atoms with E-state index in [2.05, 4.69) is 19.1 Å². The standard InChI is InChI=1S/C20H32O4/c1-2-3-6-9-15(21)12-13-17-16-10-7-4-5-8-11-20(23)24-19(17)14-18(16)22/h4,7,12-13,15-19,21-22H,2-3,5-6,8-11,14H2,1H3/b7-4-,13-12+/t15-,16-,17?,18+,19-/m0/s1. The number of carbonyl (C=O) groups excluding carboxylic acids is 1. The van der Waals surface area contributed by atoms with E-state index < -0.39 is 12.2 Å². The minimum atomic E-state index is -0.461. The Bertz CT molecular complexity index is 443. The number of hydrogen-bond donors (Lipinski definition) is 2. The highest BCUT2D eigenvalue weighted by molar-refractivity contribution is 5.69. The molecule has 24 heavy (non-hydrogen) atoms. The van der Waals surface area contributed by atoms with Crippen LogP contribution in [0.3, 0.4) is 0 Å². The van der Waals surface area contributed by atoms with Crippen LogP contribution >= 0.6 is 0 Å². The number of esters is 1. The number of unbranched alkanes of at least 4 members (excludes halogenated alkanes) is 2. The van der Waals surface area contributed by atoms with Crippen LogP contribution in [0.2, 0.25) is 0 Å². The van der Waals surface area contributed by atoms with Gasteiger partial charge in [0.15, 0.2) is 0 Å². The van der Waals surface area contributed by atoms with Gasteiger partial charge in [-0.25, -0.2) is 0 Å². The van der Waals surface area contributed by atoms with Crippen LogP contribution in [0.5, 0.6) is 0 Å². The Morgan fingerprint density at radius 1 is 1.38 bits per heavy atom. The van der Waals surface area contributed by atoms with E-state index in [-0.39, 0.29) is 23.9 Å². The third-order valence-electron chi connectivity index (χ3n) is 5.16. The third kappa shape index (κ3) is 5.75. The molecule has 136 valence electrons. The monoisotopic (exact) mass is 336 g/mol. The van der Waals surface area contributed by atoms with Crippen molar-refractivity contribution in [1.29, 1.82) is 0 Å². The van der Waals surface area contributed by atoms with Crippen molar-refractivity contribution in [1.82, 2.24) is 0 Å². The predicted molar refractivity (Wildman–Crippen MR) is 94.4 cm³/mol. The quantitative estimate of drug-likeness (QED) is 0.442. The minimum Gasteiger partial charge on any atom is -0.462 e. The number of aliphatic hydroxyl groups is 2. The summed E-state index contributed by atoms with van der Waals surface area (Å²) in [7, 11) is 0. The fourth-order valence-electron chi connectivity index (χ4n) is 3.73. The second-order valence-electron chi connectivity index (χ2n) is 7.12. The molecule has 2 bridgehead atoms. The molecule has 2 N–H and O–H groups in total. The SMILES string of the molecule is CCCCC[C@H](O)/C=C/C1[C@@H]2C[C@@H](O)[C@H]1C/C=C\CCCC(=O)O2. The van der Waals surface area contributed by atoms with Crippen molar-refractivity contribution in [2.45, 2.75) is 83.0 Å². The number of allylic oxidation sites excluding steroid dienone is 2. The van der Waals surface area contributed by atoms with Gasteiger partial charge in [0.25, 0.3) is 0 Å². The van der Waals surface area contributed by atoms with Gasteiger partial charge in [0, 0.05) is 18.8 Å². The first-order valence-corrected chi connectivity index (χ1v) is 9.50. The lowest BCUT2D eigenvalue weighted by atomic mass is 9.89. The van der Waals surface area contributed by atoms with E-state index in [1.807, 2.05) is 12.2 Å². The molecule has 0 aromatic carbocycles. The number of fused-ring (bicyclic) bond motifs is 2. The summed E-state index contributed by atoms with van der Waals surface area (Å²) in [6, 6.07) is 0. The lowest BCUT2D eigenvalue weighted by Crippen LogP contribution is -2.24. The van der Waals surface area contributed by atoms with E-state index in [9.17, 15) is 15.0 Å². The maximum absolute atomic E-state index is 12.0. The van der Waals surface area contributed by atoms with Gasteiger partial charge >= 0.3 is 5.97 Å². The molecule has 2 aliphatic rings. The smallest absolute Gasteiger partial charge is 0.306 e. The Kier molecular flexibility index (Phi) is 8.00. The molecule has 0 aromatic heterocycles. The molecule has 0 spiro atoms. The molecule has 0 saturated heterocycles. The fourth-order valence-corrected chi connectivity index (χ4v) is 3.73. The summed E-state index contributed by atoms with van der Waals surface area (Å²) in [6.45, 7) is 2.14. The first kappa shape index (κ1) is 19.2. The zero-order chi connectivity index (χ0) is 17.4. The highest BCUT2D eigenvalue weighted by Crippen LogP contribution is 2.38. The van der Waals surface area contributed by atoms with E-state index in [1.165, 1.54) is 0 Å². The topological polar surface area (TPSA) is 66.8 Å². The van der Waals surface area contributed by atoms with Gasteiger partial charge in [0.2, 0.25) is 0 Å². The molecule has 2 rings (SSSR count). The lowest BCUT2D eigenvalue weighted by molar-refractivity contribution is -0.150. The number of hydrogen-bond acceptors (Lipinski definition) is 4. The van der Waals surface area contributed by atoms with Crippen molar-refractivity contribution in [3.63, 3.8) is 0 Å². The lowest BCUT2D eigenvalue weighted by Gasteiger charge is -2.22. The molecule has 0 radical (unpaired) electrons. The van der Waals surface area contributed by atoms with Gasteiger partial charge in [0.05, 0.1) is 12.2 Å². The van der Waals surface area contributed by atoms with Crippen LogP contribution in [0.4, 0.5) is 0 Å². The van der Waals surface area contributed by atoms with Crippen LogP contribution in [0.15, 0.2) is 24.3 Å². The molecule has 1 unspecified atom stereocenters. The van der Waals surface area contributed by atoms with Crippen LogP contribution in [0.25, 0.3) is 0 Å². The molecule has 0 amide bonds. The van der Waals surface area contributed by atoms with Crippen molar-refractivity contribution in [3.05, 3.63) is 24.3 Å². The maximum atomic E-state index is 12.0. The van der Waals surface area contributed by atoms with E-state index >= 15 is 0 Å². The normalized spacial score (nSPS) is 33.9. The highest BCUT2D eigenvalue weighted by Gasteiger charge is 2.42. The second kappa shape index (κ2) is 10.00. The molecule has 0 aromatic rings. The minimum absolute atomic E-state index is 0.0208. The molecule has 1 saturated carbocycles. The van der Waals surface area contributed by atoms with Crippen molar-refractivity contribution in [2.75, 3.05) is 0 Å². The summed E-state index contributed by atoms with van der Waals surface area (Å²) in [6.07, 6.45) is 14.2. The molecule has 1 heterocycles. The van der Waals surface area contributed by atoms with Crippen molar-refractivity contribution in [3.8, 4) is 0 Å². The summed E-state index contributed by atoms with van der Waals surface area (Å²) >= 11 is 0. The number of rotatable bonds is 6. The molecule has 1 aliphatic carbocycles. The summed E-state index contributed by atoms with van der Waals surface area (Å²) in [5.74, 6) is -0.145. The molecule has 1 aliphatic heterocycles. The number of carbonyl (C=O) groups is 1. The van der Waals surface area contributed by atoms with Gasteiger partial charge in [-0.2, -0.15) is 0 Å². The van der Waals surface area contributed by atoms with E-state index in [0.717, 1.165) is 44.9 Å². The average molecular weight is 336 g/mol. The summed E-state index contributed by atoms with van der Waals surface area (Å²) in [5, 5.41) is 20.5. The van der Waals surface area contributed by atoms with Gasteiger partial charge in [-0.15, -0.1) is 0 Å². The largest absolute Gasteiger partial charge is 0.462 e. The highest BCUT2D eigenvalue weighted by atomic mass is 16.5. The van der Waals surface area contributed by atoms with Gasteiger partial charge < -0.3 is 14.9 Å². The Morgan fingerprint density at radius 2 is 2.21 bits per heavy atom. The van der Waals surface area contributed by atoms with Gasteiger partial charge in [-0.3, -0.25) is 4.79 Å². The van der Waals surface area contributed by atoms with Crippen LogP contribution in [-0.4, -0.2) is 34.5 Å². The Hall–Kier alpha value is -1.13. The van der Waals surface area contributed by atoms with Crippen LogP contribution < -0.4 is 0 Å². The first-order chi connectivity index (χ1) is 11.6. The molecule has 4 nitrogen and oxygen atoms in total.